The van der Waals surface area contributed by atoms with E-state index < -0.39 is 0 Å². The molecular formula is C10H20N2OS. The van der Waals surface area contributed by atoms with E-state index in [4.69, 9.17) is 22.7 Å². The fraction of sp³-hybridized carbons (Fsp3) is 0.900. The van der Waals surface area contributed by atoms with Gasteiger partial charge in [-0.05, 0) is 20.3 Å². The Kier molecular flexibility index (Phi) is 4.29. The molecule has 1 aliphatic rings. The molecule has 0 aliphatic carbocycles. The van der Waals surface area contributed by atoms with Gasteiger partial charge in [0, 0.05) is 12.6 Å². The Labute approximate surface area is 91.6 Å². The van der Waals surface area contributed by atoms with Gasteiger partial charge in [-0.1, -0.05) is 19.1 Å². The van der Waals surface area contributed by atoms with E-state index in [0.29, 0.717) is 11.0 Å². The number of thiocarbonyl (C=S) groups is 1. The zero-order valence-electron chi connectivity index (χ0n) is 9.19. The third-order valence-corrected chi connectivity index (χ3v) is 3.04. The van der Waals surface area contributed by atoms with E-state index >= 15 is 0 Å². The first-order valence-electron chi connectivity index (χ1n) is 5.23. The predicted octanol–water partition coefficient (Wildman–Crippen LogP) is 1.16. The van der Waals surface area contributed by atoms with Crippen LogP contribution in [0.2, 0.25) is 0 Å². The van der Waals surface area contributed by atoms with Crippen molar-refractivity contribution >= 4 is 17.2 Å². The van der Waals surface area contributed by atoms with E-state index in [0.717, 1.165) is 19.6 Å². The number of rotatable bonds is 3. The second-order valence-electron chi connectivity index (χ2n) is 4.02. The second-order valence-corrected chi connectivity index (χ2v) is 4.49. The summed E-state index contributed by atoms with van der Waals surface area (Å²) < 4.78 is 5.57. The van der Waals surface area contributed by atoms with E-state index in [2.05, 4.69) is 25.7 Å². The summed E-state index contributed by atoms with van der Waals surface area (Å²) in [4.78, 5) is 2.96. The van der Waals surface area contributed by atoms with Crippen LogP contribution in [0.25, 0.3) is 0 Å². The van der Waals surface area contributed by atoms with E-state index in [-0.39, 0.29) is 12.1 Å². The summed E-state index contributed by atoms with van der Waals surface area (Å²) in [7, 11) is 0. The lowest BCUT2D eigenvalue weighted by Gasteiger charge is -2.41. The van der Waals surface area contributed by atoms with Gasteiger partial charge in [0.2, 0.25) is 0 Å². The maximum Gasteiger partial charge on any atom is 0.0902 e. The summed E-state index contributed by atoms with van der Waals surface area (Å²) >= 11 is 5.08. The summed E-state index contributed by atoms with van der Waals surface area (Å²) in [6.07, 6.45) is 1.27. The molecule has 1 saturated heterocycles. The lowest BCUT2D eigenvalue weighted by molar-refractivity contribution is -0.0567. The van der Waals surface area contributed by atoms with Gasteiger partial charge in [0.15, 0.2) is 0 Å². The van der Waals surface area contributed by atoms with Crippen molar-refractivity contribution < 1.29 is 4.74 Å². The van der Waals surface area contributed by atoms with Crippen molar-refractivity contribution in [2.45, 2.75) is 45.4 Å². The van der Waals surface area contributed by atoms with E-state index in [1.54, 1.807) is 0 Å². The highest BCUT2D eigenvalue weighted by atomic mass is 32.1. The van der Waals surface area contributed by atoms with E-state index in [9.17, 15) is 0 Å². The molecule has 0 aromatic rings. The van der Waals surface area contributed by atoms with Gasteiger partial charge in [0.1, 0.15) is 0 Å². The maximum absolute atomic E-state index is 5.73. The highest BCUT2D eigenvalue weighted by Gasteiger charge is 2.29. The third-order valence-electron chi connectivity index (χ3n) is 2.77. The Morgan fingerprint density at radius 1 is 1.64 bits per heavy atom. The highest BCUT2D eigenvalue weighted by Crippen LogP contribution is 2.16. The highest BCUT2D eigenvalue weighted by molar-refractivity contribution is 7.80. The topological polar surface area (TPSA) is 38.5 Å². The fourth-order valence-corrected chi connectivity index (χ4v) is 2.26. The molecule has 82 valence electrons. The Bertz CT molecular complexity index is 210. The molecule has 14 heavy (non-hydrogen) atoms. The molecule has 3 atom stereocenters. The lowest BCUT2D eigenvalue weighted by Crippen LogP contribution is -2.55. The molecule has 0 bridgehead atoms. The molecule has 1 fully saturated rings. The van der Waals surface area contributed by atoms with Gasteiger partial charge in [0.25, 0.3) is 0 Å². The van der Waals surface area contributed by atoms with Crippen LogP contribution in [0.3, 0.4) is 0 Å². The average Bonchev–Trinajstić information content (AvgIpc) is 2.11. The van der Waals surface area contributed by atoms with Crippen molar-refractivity contribution in [3.8, 4) is 0 Å². The first-order chi connectivity index (χ1) is 6.56. The molecule has 1 rings (SSSR count). The first-order valence-corrected chi connectivity index (χ1v) is 5.63. The molecule has 2 N–H and O–H groups in total. The Morgan fingerprint density at radius 3 is 2.79 bits per heavy atom. The number of nitrogens with two attached hydrogens (primary N) is 1. The Morgan fingerprint density at radius 2 is 2.29 bits per heavy atom. The van der Waals surface area contributed by atoms with Crippen LogP contribution in [0.1, 0.15) is 27.2 Å². The smallest absolute Gasteiger partial charge is 0.0902 e. The molecule has 0 aromatic carbocycles. The predicted molar refractivity (Wildman–Crippen MR) is 62.4 cm³/mol. The molecule has 1 heterocycles. The number of ether oxygens (including phenoxy) is 1. The summed E-state index contributed by atoms with van der Waals surface area (Å²) in [5.74, 6) is 0. The van der Waals surface area contributed by atoms with Crippen molar-refractivity contribution in [2.75, 3.05) is 13.2 Å². The minimum atomic E-state index is 0.228. The van der Waals surface area contributed by atoms with Crippen LogP contribution in [-0.4, -0.2) is 41.2 Å². The van der Waals surface area contributed by atoms with Gasteiger partial charge in [-0.2, -0.15) is 0 Å². The molecule has 4 heteroatoms. The SMILES string of the molecule is CCC(C(N)=S)N1CC(C)OCC1C. The number of morpholine rings is 1. The van der Waals surface area contributed by atoms with Gasteiger partial charge in [-0.3, -0.25) is 4.90 Å². The van der Waals surface area contributed by atoms with Crippen LogP contribution >= 0.6 is 12.2 Å². The minimum absolute atomic E-state index is 0.228. The standard InChI is InChI=1S/C10H20N2OS/c1-4-9(10(11)14)12-5-8(3)13-6-7(12)2/h7-9H,4-6H2,1-3H3,(H2,11,14). The summed E-state index contributed by atoms with van der Waals surface area (Å²) in [6.45, 7) is 8.08. The van der Waals surface area contributed by atoms with Crippen LogP contribution in [0.5, 0.6) is 0 Å². The molecule has 0 saturated carbocycles. The molecule has 3 unspecified atom stereocenters. The average molecular weight is 216 g/mol. The third kappa shape index (κ3) is 2.65. The van der Waals surface area contributed by atoms with Crippen LogP contribution in [0.15, 0.2) is 0 Å². The first kappa shape index (κ1) is 11.9. The Hall–Kier alpha value is -0.190. The Balaban J connectivity index is 2.66. The molecule has 0 aromatic heterocycles. The molecule has 3 nitrogen and oxygen atoms in total. The van der Waals surface area contributed by atoms with E-state index in [1.165, 1.54) is 0 Å². The summed E-state index contributed by atoms with van der Waals surface area (Å²) in [5, 5.41) is 0. The maximum atomic E-state index is 5.73. The van der Waals surface area contributed by atoms with Crippen molar-refractivity contribution in [1.82, 2.24) is 4.90 Å². The van der Waals surface area contributed by atoms with Crippen LogP contribution in [-0.2, 0) is 4.74 Å². The van der Waals surface area contributed by atoms with Gasteiger partial charge in [0.05, 0.1) is 23.7 Å². The van der Waals surface area contributed by atoms with Crippen molar-refractivity contribution in [2.24, 2.45) is 5.73 Å². The molecular weight excluding hydrogens is 196 g/mol. The van der Waals surface area contributed by atoms with Crippen LogP contribution < -0.4 is 5.73 Å². The quantitative estimate of drug-likeness (QED) is 0.719. The normalized spacial score (nSPS) is 31.4. The summed E-state index contributed by atoms with van der Waals surface area (Å²) in [5.41, 5.74) is 5.73. The number of hydrogen-bond acceptors (Lipinski definition) is 3. The lowest BCUT2D eigenvalue weighted by atomic mass is 10.1. The van der Waals surface area contributed by atoms with Crippen molar-refractivity contribution in [3.63, 3.8) is 0 Å². The largest absolute Gasteiger partial charge is 0.392 e. The second kappa shape index (κ2) is 5.05. The monoisotopic (exact) mass is 216 g/mol. The molecule has 0 amide bonds. The zero-order valence-corrected chi connectivity index (χ0v) is 10.0. The van der Waals surface area contributed by atoms with Gasteiger partial charge in [-0.15, -0.1) is 0 Å². The van der Waals surface area contributed by atoms with Crippen LogP contribution in [0.4, 0.5) is 0 Å². The summed E-state index contributed by atoms with van der Waals surface area (Å²) in [6, 6.07) is 0.643. The molecule has 1 aliphatic heterocycles. The number of nitrogens with zero attached hydrogens (tertiary/aromatic N) is 1. The zero-order chi connectivity index (χ0) is 10.7. The number of hydrogen-bond donors (Lipinski definition) is 1. The molecule has 0 radical (unpaired) electrons. The van der Waals surface area contributed by atoms with Gasteiger partial charge < -0.3 is 10.5 Å². The molecule has 0 spiro atoms. The van der Waals surface area contributed by atoms with Crippen molar-refractivity contribution in [3.05, 3.63) is 0 Å². The van der Waals surface area contributed by atoms with Gasteiger partial charge in [-0.25, -0.2) is 0 Å². The minimum Gasteiger partial charge on any atom is -0.392 e. The van der Waals surface area contributed by atoms with Crippen LogP contribution in [0, 0.1) is 0 Å². The van der Waals surface area contributed by atoms with Gasteiger partial charge >= 0.3 is 0 Å². The van der Waals surface area contributed by atoms with E-state index in [1.807, 2.05) is 0 Å². The van der Waals surface area contributed by atoms with Crippen molar-refractivity contribution in [1.29, 1.82) is 0 Å². The fourth-order valence-electron chi connectivity index (χ4n) is 1.96.